The van der Waals surface area contributed by atoms with Crippen LogP contribution in [0.15, 0.2) is 133 Å². The van der Waals surface area contributed by atoms with Gasteiger partial charge in [0.15, 0.2) is 0 Å². The van der Waals surface area contributed by atoms with Crippen LogP contribution in [0.4, 0.5) is 0 Å². The molecule has 230 valence electrons. The fourth-order valence-corrected chi connectivity index (χ4v) is 10.3. The first kappa shape index (κ1) is 27.5. The van der Waals surface area contributed by atoms with Gasteiger partial charge in [-0.25, -0.2) is 0 Å². The van der Waals surface area contributed by atoms with Crippen molar-refractivity contribution < 1.29 is 0 Å². The number of fused-ring (bicyclic) bond motifs is 12. The molecule has 0 aliphatic heterocycles. The van der Waals surface area contributed by atoms with Crippen molar-refractivity contribution in [3.05, 3.63) is 145 Å². The zero-order chi connectivity index (χ0) is 33.1. The van der Waals surface area contributed by atoms with Crippen molar-refractivity contribution >= 4 is 107 Å². The zero-order valence-electron chi connectivity index (χ0n) is 26.3. The second kappa shape index (κ2) is 10.0. The standard InChI is InChI=1S/C44H22N4S2/c45-23-25-17-27(47-36-13-5-1-9-28(36)32-21-42-34(19-38(32)47)30-11-3-7-15-40(30)49-42)18-26(24-46)44(25)48-37-14-6-2-10-29(37)33-22-43-35(20-39(33)48)31-12-4-8-16-41(31)50-43/h1-22H. The van der Waals surface area contributed by atoms with E-state index in [2.05, 4.69) is 130 Å². The highest BCUT2D eigenvalue weighted by molar-refractivity contribution is 7.26. The lowest BCUT2D eigenvalue weighted by Crippen LogP contribution is -2.04. The molecule has 0 saturated heterocycles. The van der Waals surface area contributed by atoms with Crippen molar-refractivity contribution in [2.75, 3.05) is 0 Å². The van der Waals surface area contributed by atoms with Gasteiger partial charge < -0.3 is 9.13 Å². The normalized spacial score (nSPS) is 12.0. The van der Waals surface area contributed by atoms with Crippen molar-refractivity contribution in [3.8, 4) is 23.5 Å². The van der Waals surface area contributed by atoms with Crippen LogP contribution in [0, 0.1) is 22.7 Å². The average molecular weight is 671 g/mol. The van der Waals surface area contributed by atoms with E-state index in [0.717, 1.165) is 49.3 Å². The average Bonchev–Trinajstić information content (AvgIpc) is 3.89. The lowest BCUT2D eigenvalue weighted by molar-refractivity contribution is 1.12. The van der Waals surface area contributed by atoms with Crippen molar-refractivity contribution in [2.45, 2.75) is 0 Å². The predicted octanol–water partition coefficient (Wildman–Crippen LogP) is 12.4. The molecular weight excluding hydrogens is 649 g/mol. The van der Waals surface area contributed by atoms with Crippen molar-refractivity contribution in [1.29, 1.82) is 10.5 Å². The second-order valence-corrected chi connectivity index (χ2v) is 14.9. The molecule has 0 saturated carbocycles. The van der Waals surface area contributed by atoms with Gasteiger partial charge in [0.05, 0.1) is 38.9 Å². The Labute approximate surface area is 293 Å². The van der Waals surface area contributed by atoms with Crippen LogP contribution in [0.2, 0.25) is 0 Å². The van der Waals surface area contributed by atoms with Gasteiger partial charge in [-0.1, -0.05) is 72.8 Å². The molecule has 4 heterocycles. The van der Waals surface area contributed by atoms with Crippen LogP contribution in [0.3, 0.4) is 0 Å². The summed E-state index contributed by atoms with van der Waals surface area (Å²) in [4.78, 5) is 0. The smallest absolute Gasteiger partial charge is 0.101 e. The Hall–Kier alpha value is -6.44. The number of benzene rings is 7. The van der Waals surface area contributed by atoms with E-state index in [0.29, 0.717) is 16.8 Å². The number of nitriles is 2. The van der Waals surface area contributed by atoms with Crippen LogP contribution in [0.5, 0.6) is 0 Å². The summed E-state index contributed by atoms with van der Waals surface area (Å²) in [6, 6.07) is 51.7. The maximum atomic E-state index is 10.9. The Morgan fingerprint density at radius 2 is 0.820 bits per heavy atom. The van der Waals surface area contributed by atoms with E-state index in [1.54, 1.807) is 11.3 Å². The highest BCUT2D eigenvalue weighted by atomic mass is 32.1. The molecule has 0 aliphatic rings. The molecule has 4 aromatic heterocycles. The molecule has 0 aliphatic carbocycles. The monoisotopic (exact) mass is 670 g/mol. The number of nitrogens with zero attached hydrogens (tertiary/aromatic N) is 4. The fraction of sp³-hybridized carbons (Fsp3) is 0. The Kier molecular flexibility index (Phi) is 5.52. The van der Waals surface area contributed by atoms with E-state index >= 15 is 0 Å². The number of aromatic nitrogens is 2. The minimum absolute atomic E-state index is 0.449. The lowest BCUT2D eigenvalue weighted by atomic mass is 10.1. The second-order valence-electron chi connectivity index (χ2n) is 12.7. The summed E-state index contributed by atoms with van der Waals surface area (Å²) < 4.78 is 9.31. The summed E-state index contributed by atoms with van der Waals surface area (Å²) in [7, 11) is 0. The first-order valence-electron chi connectivity index (χ1n) is 16.4. The van der Waals surface area contributed by atoms with E-state index in [1.165, 1.54) is 40.3 Å². The summed E-state index contributed by atoms with van der Waals surface area (Å²) in [5.74, 6) is 0. The highest BCUT2D eigenvalue weighted by Gasteiger charge is 2.23. The maximum absolute atomic E-state index is 10.9. The van der Waals surface area contributed by atoms with Gasteiger partial charge in [-0.05, 0) is 60.7 Å². The Morgan fingerprint density at radius 3 is 1.34 bits per heavy atom. The van der Waals surface area contributed by atoms with Crippen LogP contribution in [0.25, 0.3) is 95.3 Å². The number of para-hydroxylation sites is 2. The van der Waals surface area contributed by atoms with Crippen LogP contribution >= 0.6 is 22.7 Å². The van der Waals surface area contributed by atoms with Crippen LogP contribution in [-0.2, 0) is 0 Å². The van der Waals surface area contributed by atoms with E-state index < -0.39 is 0 Å². The van der Waals surface area contributed by atoms with Gasteiger partial charge in [-0.3, -0.25) is 0 Å². The topological polar surface area (TPSA) is 57.4 Å². The van der Waals surface area contributed by atoms with Crippen molar-refractivity contribution in [3.63, 3.8) is 0 Å². The van der Waals surface area contributed by atoms with Crippen LogP contribution in [-0.4, -0.2) is 9.13 Å². The highest BCUT2D eigenvalue weighted by Crippen LogP contribution is 2.43. The van der Waals surface area contributed by atoms with Gasteiger partial charge in [0, 0.05) is 67.6 Å². The zero-order valence-corrected chi connectivity index (χ0v) is 27.9. The van der Waals surface area contributed by atoms with Crippen LogP contribution in [0.1, 0.15) is 11.1 Å². The minimum atomic E-state index is 0.449. The minimum Gasteiger partial charge on any atom is -0.309 e. The number of hydrogen-bond acceptors (Lipinski definition) is 4. The molecule has 11 rings (SSSR count). The lowest BCUT2D eigenvalue weighted by Gasteiger charge is -2.16. The molecule has 0 spiro atoms. The molecule has 0 unspecified atom stereocenters. The summed E-state index contributed by atoms with van der Waals surface area (Å²) >= 11 is 3.60. The molecule has 4 nitrogen and oxygen atoms in total. The summed E-state index contributed by atoms with van der Waals surface area (Å²) in [5, 5.41) is 31.0. The largest absolute Gasteiger partial charge is 0.309 e. The van der Waals surface area contributed by atoms with E-state index in [1.807, 2.05) is 35.6 Å². The molecule has 6 heteroatoms. The molecule has 0 amide bonds. The molecule has 0 fully saturated rings. The van der Waals surface area contributed by atoms with Gasteiger partial charge >= 0.3 is 0 Å². The van der Waals surface area contributed by atoms with Crippen molar-refractivity contribution in [1.82, 2.24) is 9.13 Å². The van der Waals surface area contributed by atoms with Gasteiger partial charge in [0.25, 0.3) is 0 Å². The quantitative estimate of drug-likeness (QED) is 0.184. The molecule has 0 N–H and O–H groups in total. The first-order chi connectivity index (χ1) is 24.7. The summed E-state index contributed by atoms with van der Waals surface area (Å²) in [6.45, 7) is 0. The number of rotatable bonds is 2. The third-order valence-corrected chi connectivity index (χ3v) is 12.4. The molecule has 0 bridgehead atoms. The molecule has 50 heavy (non-hydrogen) atoms. The maximum Gasteiger partial charge on any atom is 0.101 e. The SMILES string of the molecule is N#Cc1cc(-n2c3ccccc3c3cc4sc5ccccc5c4cc32)cc(C#N)c1-n1c2ccccc2c2cc3sc4ccccc4c3cc21. The van der Waals surface area contributed by atoms with Gasteiger partial charge in [0.1, 0.15) is 12.1 Å². The summed E-state index contributed by atoms with van der Waals surface area (Å²) in [5.41, 5.74) is 6.32. The summed E-state index contributed by atoms with van der Waals surface area (Å²) in [6.07, 6.45) is 0. The van der Waals surface area contributed by atoms with Crippen molar-refractivity contribution in [2.24, 2.45) is 0 Å². The number of thiophene rings is 2. The molecule has 0 radical (unpaired) electrons. The van der Waals surface area contributed by atoms with Crippen LogP contribution < -0.4 is 0 Å². The number of hydrogen-bond donors (Lipinski definition) is 0. The Bertz CT molecular complexity index is 3320. The molecular formula is C44H22N4S2. The molecule has 7 aromatic carbocycles. The van der Waals surface area contributed by atoms with Gasteiger partial charge in [0.2, 0.25) is 0 Å². The first-order valence-corrected chi connectivity index (χ1v) is 18.0. The van der Waals surface area contributed by atoms with Gasteiger partial charge in [-0.15, -0.1) is 22.7 Å². The third kappa shape index (κ3) is 3.61. The Morgan fingerprint density at radius 1 is 0.380 bits per heavy atom. The Balaban J connectivity index is 1.23. The molecule has 0 atom stereocenters. The third-order valence-electron chi connectivity index (χ3n) is 10.2. The fourth-order valence-electron chi connectivity index (χ4n) is 8.05. The van der Waals surface area contributed by atoms with E-state index in [-0.39, 0.29) is 0 Å². The molecule has 11 aromatic rings. The van der Waals surface area contributed by atoms with E-state index in [9.17, 15) is 10.5 Å². The van der Waals surface area contributed by atoms with E-state index in [4.69, 9.17) is 0 Å². The van der Waals surface area contributed by atoms with Gasteiger partial charge in [-0.2, -0.15) is 10.5 Å². The predicted molar refractivity (Wildman–Crippen MR) is 210 cm³/mol.